The maximum absolute atomic E-state index is 11.5. The molecular formula is C10H11BrN2O. The lowest BCUT2D eigenvalue weighted by Gasteiger charge is -2.02. The fourth-order valence-corrected chi connectivity index (χ4v) is 1.23. The summed E-state index contributed by atoms with van der Waals surface area (Å²) in [6.45, 7) is 0. The molecule has 0 aliphatic rings. The van der Waals surface area contributed by atoms with Crippen LogP contribution in [0.1, 0.15) is 10.4 Å². The topological polar surface area (TPSA) is 33.2 Å². The molecule has 3 nitrogen and oxygen atoms in total. The third-order valence-electron chi connectivity index (χ3n) is 1.54. The minimum Gasteiger partial charge on any atom is -0.383 e. The van der Waals surface area contributed by atoms with Crippen molar-refractivity contribution in [2.75, 3.05) is 14.1 Å². The van der Waals surface area contributed by atoms with E-state index < -0.39 is 0 Å². The molecule has 1 aromatic rings. The number of pyridine rings is 1. The summed E-state index contributed by atoms with van der Waals surface area (Å²) < 4.78 is 0.668. The third-order valence-corrected chi connectivity index (χ3v) is 1.97. The number of hydrogen-bond donors (Lipinski definition) is 0. The highest BCUT2D eigenvalue weighted by atomic mass is 79.9. The summed E-state index contributed by atoms with van der Waals surface area (Å²) in [4.78, 5) is 17.3. The van der Waals surface area contributed by atoms with Gasteiger partial charge in [0.15, 0.2) is 5.78 Å². The molecular weight excluding hydrogens is 244 g/mol. The van der Waals surface area contributed by atoms with Crippen LogP contribution in [0.3, 0.4) is 0 Å². The van der Waals surface area contributed by atoms with Crippen molar-refractivity contribution in [1.82, 2.24) is 9.88 Å². The summed E-state index contributed by atoms with van der Waals surface area (Å²) in [5, 5.41) is 0. The molecule has 0 radical (unpaired) electrons. The van der Waals surface area contributed by atoms with Gasteiger partial charge in [0.05, 0.1) is 0 Å². The highest BCUT2D eigenvalue weighted by molar-refractivity contribution is 9.10. The Morgan fingerprint density at radius 1 is 1.57 bits per heavy atom. The van der Waals surface area contributed by atoms with Gasteiger partial charge in [-0.2, -0.15) is 0 Å². The molecule has 14 heavy (non-hydrogen) atoms. The van der Waals surface area contributed by atoms with E-state index in [0.717, 1.165) is 0 Å². The molecule has 1 rings (SSSR count). The van der Waals surface area contributed by atoms with Gasteiger partial charge in [0.1, 0.15) is 4.60 Å². The molecule has 0 unspecified atom stereocenters. The molecule has 0 aliphatic heterocycles. The van der Waals surface area contributed by atoms with Crippen molar-refractivity contribution >= 4 is 21.7 Å². The normalized spacial score (nSPS) is 10.5. The minimum absolute atomic E-state index is 0.0261. The first-order chi connectivity index (χ1) is 6.59. The van der Waals surface area contributed by atoms with E-state index >= 15 is 0 Å². The Balaban J connectivity index is 2.80. The van der Waals surface area contributed by atoms with Crippen LogP contribution in [0.4, 0.5) is 0 Å². The summed E-state index contributed by atoms with van der Waals surface area (Å²) in [5.41, 5.74) is 0.630. The van der Waals surface area contributed by atoms with Gasteiger partial charge in [-0.05, 0) is 28.1 Å². The number of nitrogens with zero attached hydrogens (tertiary/aromatic N) is 2. The lowest BCUT2D eigenvalue weighted by Crippen LogP contribution is -2.03. The highest BCUT2D eigenvalue weighted by Crippen LogP contribution is 2.08. The Kier molecular flexibility index (Phi) is 3.83. The van der Waals surface area contributed by atoms with E-state index in [0.29, 0.717) is 10.2 Å². The van der Waals surface area contributed by atoms with Crippen molar-refractivity contribution in [1.29, 1.82) is 0 Å². The van der Waals surface area contributed by atoms with Gasteiger partial charge < -0.3 is 4.90 Å². The molecule has 0 fully saturated rings. The van der Waals surface area contributed by atoms with Gasteiger partial charge in [0.2, 0.25) is 0 Å². The molecule has 1 heterocycles. The molecule has 1 aromatic heterocycles. The zero-order valence-corrected chi connectivity index (χ0v) is 9.65. The second-order valence-electron chi connectivity index (χ2n) is 3.01. The van der Waals surface area contributed by atoms with Gasteiger partial charge in [0.25, 0.3) is 0 Å². The molecule has 0 N–H and O–H groups in total. The Morgan fingerprint density at radius 3 is 2.86 bits per heavy atom. The van der Waals surface area contributed by atoms with Crippen LogP contribution in [0.25, 0.3) is 0 Å². The van der Waals surface area contributed by atoms with Gasteiger partial charge in [-0.1, -0.05) is 0 Å². The monoisotopic (exact) mass is 254 g/mol. The quantitative estimate of drug-likeness (QED) is 0.471. The summed E-state index contributed by atoms with van der Waals surface area (Å²) in [5.74, 6) is -0.0261. The molecule has 0 amide bonds. The van der Waals surface area contributed by atoms with Crippen LogP contribution in [-0.4, -0.2) is 29.8 Å². The van der Waals surface area contributed by atoms with Crippen molar-refractivity contribution in [3.63, 3.8) is 0 Å². The van der Waals surface area contributed by atoms with Crippen LogP contribution >= 0.6 is 15.9 Å². The lowest BCUT2D eigenvalue weighted by atomic mass is 10.2. The van der Waals surface area contributed by atoms with E-state index in [4.69, 9.17) is 0 Å². The molecule has 4 heteroatoms. The smallest absolute Gasteiger partial charge is 0.187 e. The zero-order valence-electron chi connectivity index (χ0n) is 8.07. The van der Waals surface area contributed by atoms with Gasteiger partial charge in [-0.25, -0.2) is 4.98 Å². The van der Waals surface area contributed by atoms with Gasteiger partial charge in [-0.3, -0.25) is 4.79 Å². The third kappa shape index (κ3) is 3.30. The average molecular weight is 255 g/mol. The van der Waals surface area contributed by atoms with Crippen LogP contribution < -0.4 is 0 Å². The van der Waals surface area contributed by atoms with E-state index in [1.165, 1.54) is 6.08 Å². The average Bonchev–Trinajstić information content (AvgIpc) is 2.14. The molecule has 0 saturated carbocycles. The van der Waals surface area contributed by atoms with Crippen molar-refractivity contribution < 1.29 is 4.79 Å². The molecule has 0 spiro atoms. The van der Waals surface area contributed by atoms with Crippen molar-refractivity contribution in [2.45, 2.75) is 0 Å². The number of ketones is 1. The van der Waals surface area contributed by atoms with Crippen molar-refractivity contribution in [2.24, 2.45) is 0 Å². The van der Waals surface area contributed by atoms with E-state index in [1.807, 2.05) is 19.0 Å². The summed E-state index contributed by atoms with van der Waals surface area (Å²) in [7, 11) is 3.73. The predicted molar refractivity (Wildman–Crippen MR) is 59.1 cm³/mol. The zero-order chi connectivity index (χ0) is 10.6. The van der Waals surface area contributed by atoms with E-state index in [9.17, 15) is 4.79 Å². The second-order valence-corrected chi connectivity index (χ2v) is 3.82. The summed E-state index contributed by atoms with van der Waals surface area (Å²) in [6, 6.07) is 3.38. The lowest BCUT2D eigenvalue weighted by molar-refractivity contribution is 0.104. The molecule has 74 valence electrons. The largest absolute Gasteiger partial charge is 0.383 e. The Morgan fingerprint density at radius 2 is 2.29 bits per heavy atom. The Labute approximate surface area is 91.6 Å². The molecule has 0 bridgehead atoms. The number of allylic oxidation sites excluding steroid dienone is 1. The van der Waals surface area contributed by atoms with Crippen LogP contribution in [0, 0.1) is 0 Å². The van der Waals surface area contributed by atoms with Crippen LogP contribution in [-0.2, 0) is 0 Å². The van der Waals surface area contributed by atoms with Gasteiger partial charge in [0, 0.05) is 38.1 Å². The van der Waals surface area contributed by atoms with E-state index in [1.54, 1.807) is 24.5 Å². The first-order valence-electron chi connectivity index (χ1n) is 4.10. The minimum atomic E-state index is -0.0261. The number of carbonyl (C=O) groups excluding carboxylic acids is 1. The maximum Gasteiger partial charge on any atom is 0.187 e. The predicted octanol–water partition coefficient (Wildman–Crippen LogP) is 2.10. The summed E-state index contributed by atoms with van der Waals surface area (Å²) >= 11 is 3.21. The van der Waals surface area contributed by atoms with Gasteiger partial charge in [-0.15, -0.1) is 0 Å². The standard InChI is InChI=1S/C10H11BrN2O/c1-13(2)6-4-9(14)8-3-5-12-10(11)7-8/h3-7H,1-2H3. The SMILES string of the molecule is CN(C)C=CC(=O)c1ccnc(Br)c1. The first-order valence-corrected chi connectivity index (χ1v) is 4.89. The number of carbonyl (C=O) groups is 1. The van der Waals surface area contributed by atoms with E-state index in [-0.39, 0.29) is 5.78 Å². The molecule has 0 saturated heterocycles. The van der Waals surface area contributed by atoms with Gasteiger partial charge >= 0.3 is 0 Å². The molecule has 0 aromatic carbocycles. The molecule has 0 aliphatic carbocycles. The number of rotatable bonds is 3. The maximum atomic E-state index is 11.5. The highest BCUT2D eigenvalue weighted by Gasteiger charge is 2.01. The van der Waals surface area contributed by atoms with Crippen LogP contribution in [0.5, 0.6) is 0 Å². The number of hydrogen-bond acceptors (Lipinski definition) is 3. The van der Waals surface area contributed by atoms with Crippen molar-refractivity contribution in [3.05, 3.63) is 40.8 Å². The molecule has 0 atom stereocenters. The number of halogens is 1. The van der Waals surface area contributed by atoms with Crippen LogP contribution in [0.15, 0.2) is 35.2 Å². The fourth-order valence-electron chi connectivity index (χ4n) is 0.869. The Hall–Kier alpha value is -1.16. The second kappa shape index (κ2) is 4.91. The summed E-state index contributed by atoms with van der Waals surface area (Å²) in [6.07, 6.45) is 4.85. The van der Waals surface area contributed by atoms with Crippen LogP contribution in [0.2, 0.25) is 0 Å². The van der Waals surface area contributed by atoms with Crippen molar-refractivity contribution in [3.8, 4) is 0 Å². The fraction of sp³-hybridized carbons (Fsp3) is 0.200. The first kappa shape index (κ1) is 10.9. The number of aromatic nitrogens is 1. The Bertz CT molecular complexity index is 361. The van der Waals surface area contributed by atoms with E-state index in [2.05, 4.69) is 20.9 Å².